The van der Waals surface area contributed by atoms with Gasteiger partial charge in [0.15, 0.2) is 5.60 Å². The number of carbonyl (C=O) groups excluding carboxylic acids is 2. The van der Waals surface area contributed by atoms with Crippen LogP contribution >= 0.6 is 11.6 Å². The number of aliphatic hydroxyl groups is 2. The number of nitrogens with one attached hydrogen (secondary N) is 1. The van der Waals surface area contributed by atoms with Crippen molar-refractivity contribution in [1.82, 2.24) is 15.0 Å². The fourth-order valence-electron chi connectivity index (χ4n) is 8.79. The molecule has 56 heavy (non-hydrogen) atoms. The highest BCUT2D eigenvalue weighted by Crippen LogP contribution is 2.60. The third kappa shape index (κ3) is 7.27. The number of ether oxygens (including phenoxy) is 2. The number of rotatable bonds is 13. The van der Waals surface area contributed by atoms with Crippen LogP contribution in [0.1, 0.15) is 48.6 Å². The molecular formula is C43H48ClN5O6Si. The second-order valence-corrected chi connectivity index (χ2v) is 20.5. The first-order valence-corrected chi connectivity index (χ1v) is 22.4. The quantitative estimate of drug-likeness (QED) is 0.119. The van der Waals surface area contributed by atoms with Crippen LogP contribution in [0.5, 0.6) is 5.75 Å². The Labute approximate surface area is 333 Å². The lowest BCUT2D eigenvalue weighted by molar-refractivity contribution is -0.146. The smallest absolute Gasteiger partial charge is 0.264 e. The molecule has 1 fully saturated rings. The van der Waals surface area contributed by atoms with Gasteiger partial charge in [-0.05, 0) is 72.5 Å². The number of anilines is 2. The molecule has 0 radical (unpaired) electrons. The Balaban J connectivity index is 1.24. The largest absolute Gasteiger partial charge is 0.497 e. The van der Waals surface area contributed by atoms with Crippen molar-refractivity contribution in [3.8, 4) is 5.75 Å². The van der Waals surface area contributed by atoms with Crippen molar-refractivity contribution in [2.75, 3.05) is 23.9 Å². The Morgan fingerprint density at radius 3 is 2.50 bits per heavy atom. The van der Waals surface area contributed by atoms with Gasteiger partial charge in [0.25, 0.3) is 11.8 Å². The topological polar surface area (TPSA) is 139 Å². The summed E-state index contributed by atoms with van der Waals surface area (Å²) < 4.78 is 14.6. The summed E-state index contributed by atoms with van der Waals surface area (Å²) >= 11 is 6.71. The molecule has 0 saturated carbocycles. The number of halogens is 1. The van der Waals surface area contributed by atoms with Crippen LogP contribution in [-0.2, 0) is 33.0 Å². The molecule has 1 saturated heterocycles. The van der Waals surface area contributed by atoms with Crippen molar-refractivity contribution >= 4 is 48.1 Å². The number of methoxy groups -OCH3 is 1. The van der Waals surface area contributed by atoms with E-state index in [2.05, 4.69) is 47.8 Å². The summed E-state index contributed by atoms with van der Waals surface area (Å²) in [6, 6.07) is 30.9. The maximum Gasteiger partial charge on any atom is 0.264 e. The molecule has 4 aromatic carbocycles. The highest BCUT2D eigenvalue weighted by molar-refractivity contribution is 6.91. The van der Waals surface area contributed by atoms with E-state index in [0.717, 1.165) is 28.1 Å². The number of amides is 2. The van der Waals surface area contributed by atoms with Gasteiger partial charge in [0.1, 0.15) is 11.9 Å². The van der Waals surface area contributed by atoms with E-state index in [0.29, 0.717) is 29.4 Å². The molecule has 7 rings (SSSR count). The summed E-state index contributed by atoms with van der Waals surface area (Å²) in [7, 11) is -0.762. The van der Waals surface area contributed by atoms with Gasteiger partial charge in [-0.25, -0.2) is 0 Å². The van der Waals surface area contributed by atoms with Gasteiger partial charge in [-0.1, -0.05) is 96.6 Å². The number of hydrogen-bond donors (Lipinski definition) is 3. The van der Waals surface area contributed by atoms with Crippen molar-refractivity contribution in [3.63, 3.8) is 0 Å². The average molecular weight is 794 g/mol. The maximum absolute atomic E-state index is 15.2. The van der Waals surface area contributed by atoms with Gasteiger partial charge in [-0.15, -0.1) is 5.10 Å². The van der Waals surface area contributed by atoms with Gasteiger partial charge in [-0.3, -0.25) is 14.3 Å². The van der Waals surface area contributed by atoms with E-state index in [1.165, 1.54) is 12.1 Å². The zero-order valence-corrected chi connectivity index (χ0v) is 34.0. The van der Waals surface area contributed by atoms with Crippen molar-refractivity contribution in [1.29, 1.82) is 0 Å². The third-order valence-corrected chi connectivity index (χ3v) is 16.2. The molecule has 2 aliphatic heterocycles. The van der Waals surface area contributed by atoms with E-state index in [4.69, 9.17) is 21.1 Å². The predicted octanol–water partition coefficient (Wildman–Crippen LogP) is 6.24. The number of nitrogens with zero attached hydrogens (tertiary/aromatic N) is 4. The molecule has 3 heterocycles. The van der Waals surface area contributed by atoms with Gasteiger partial charge in [0, 0.05) is 34.9 Å². The molecule has 0 bridgehead atoms. The lowest BCUT2D eigenvalue weighted by Crippen LogP contribution is -2.51. The lowest BCUT2D eigenvalue weighted by Gasteiger charge is -2.37. The van der Waals surface area contributed by atoms with E-state index in [1.807, 2.05) is 79.0 Å². The summed E-state index contributed by atoms with van der Waals surface area (Å²) in [5, 5.41) is 33.4. The number of aliphatic hydroxyl groups excluding tert-OH is 2. The van der Waals surface area contributed by atoms with Gasteiger partial charge >= 0.3 is 0 Å². The molecular weight excluding hydrogens is 746 g/mol. The monoisotopic (exact) mass is 793 g/mol. The number of carbonyl (C=O) groups is 2. The number of aryl methyl sites for hydroxylation is 1. The highest BCUT2D eigenvalue weighted by Gasteiger charge is 2.66. The first-order valence-electron chi connectivity index (χ1n) is 19.0. The van der Waals surface area contributed by atoms with E-state index in [9.17, 15) is 15.0 Å². The van der Waals surface area contributed by atoms with Gasteiger partial charge in [0.2, 0.25) is 0 Å². The van der Waals surface area contributed by atoms with Crippen molar-refractivity contribution < 1.29 is 29.3 Å². The second kappa shape index (κ2) is 15.9. The third-order valence-electron chi connectivity index (χ3n) is 11.7. The normalized spacial score (nSPS) is 21.6. The number of aromatic nitrogens is 3. The van der Waals surface area contributed by atoms with Crippen LogP contribution in [0.15, 0.2) is 103 Å². The average Bonchev–Trinajstić information content (AvgIpc) is 3.85. The summed E-state index contributed by atoms with van der Waals surface area (Å²) in [4.78, 5) is 29.3. The fraction of sp³-hybridized carbons (Fsp3) is 0.349. The maximum atomic E-state index is 15.2. The van der Waals surface area contributed by atoms with Gasteiger partial charge < -0.3 is 29.9 Å². The molecule has 2 aliphatic rings. The fourth-order valence-corrected chi connectivity index (χ4v) is 13.0. The minimum atomic E-state index is -2.42. The molecule has 5 aromatic rings. The van der Waals surface area contributed by atoms with E-state index >= 15 is 4.79 Å². The first kappa shape index (κ1) is 39.4. The molecule has 3 N–H and O–H groups in total. The van der Waals surface area contributed by atoms with Crippen LogP contribution in [0, 0.1) is 5.92 Å². The number of hydrogen-bond acceptors (Lipinski definition) is 8. The van der Waals surface area contributed by atoms with E-state index in [-0.39, 0.29) is 42.5 Å². The summed E-state index contributed by atoms with van der Waals surface area (Å²) in [6.07, 6.45) is 0.952. The minimum Gasteiger partial charge on any atom is -0.497 e. The zero-order chi connectivity index (χ0) is 39.8. The summed E-state index contributed by atoms with van der Waals surface area (Å²) in [5.74, 6) is -0.446. The predicted molar refractivity (Wildman–Crippen MR) is 219 cm³/mol. The van der Waals surface area contributed by atoms with E-state index < -0.39 is 25.7 Å². The minimum absolute atomic E-state index is 0.0110. The molecule has 0 aliphatic carbocycles. The number of fused-ring (bicyclic) bond motifs is 2. The van der Waals surface area contributed by atoms with Crippen LogP contribution in [0.2, 0.25) is 23.7 Å². The second-order valence-electron chi connectivity index (χ2n) is 15.4. The molecule has 1 unspecified atom stereocenters. The van der Waals surface area contributed by atoms with E-state index in [1.54, 1.807) is 28.8 Å². The zero-order valence-electron chi connectivity index (χ0n) is 32.2. The summed E-state index contributed by atoms with van der Waals surface area (Å²) in [5.41, 5.74) is 3.10. The van der Waals surface area contributed by atoms with Crippen LogP contribution < -0.4 is 20.1 Å². The highest BCUT2D eigenvalue weighted by atomic mass is 35.5. The number of benzene rings is 4. The Bertz CT molecular complexity index is 2200. The molecule has 2 amide bonds. The molecule has 6 atom stereocenters. The lowest BCUT2D eigenvalue weighted by atomic mass is 9.82. The van der Waals surface area contributed by atoms with Crippen LogP contribution in [-0.4, -0.2) is 71.0 Å². The van der Waals surface area contributed by atoms with Crippen molar-refractivity contribution in [3.05, 3.63) is 131 Å². The van der Waals surface area contributed by atoms with Gasteiger partial charge in [0.05, 0.1) is 51.7 Å². The standard InChI is InChI=1S/C43H48ClN5O6Si/c1-27-40(56(4,5)34-17-15-33(54-3)16-18-34)39(20-21-48-25-37(46-47-48)35(26-50)30-11-7-6-8-12-30)55-43(27)36-23-31(44)14-19-38(36)49(42(43)53)24-29-10-9-13-32(22-29)45-41(52)28(2)51/h6-19,22-23,25,27-28,35,39-40,50-51H,20-21,24,26H2,1-5H3,(H,45,52)/t27-,28-,35?,39+,40-,43+/m0/s1. The Morgan fingerprint density at radius 1 is 1.05 bits per heavy atom. The molecule has 1 spiro atoms. The molecule has 292 valence electrons. The van der Waals surface area contributed by atoms with Crippen LogP contribution in [0.25, 0.3) is 0 Å². The SMILES string of the molecule is COc1ccc([Si](C)(C)[C@@H]2[C@@H](CCn3cc(C(CO)c4ccccc4)nn3)O[C@]3(C(=O)N(Cc4cccc(NC(=O)[C@H](C)O)c4)c4ccc(Cl)cc43)[C@H]2C)cc1. The summed E-state index contributed by atoms with van der Waals surface area (Å²) in [6.45, 7) is 8.85. The molecule has 1 aromatic heterocycles. The van der Waals surface area contributed by atoms with Gasteiger partial charge in [-0.2, -0.15) is 0 Å². The first-order chi connectivity index (χ1) is 26.9. The van der Waals surface area contributed by atoms with Crippen molar-refractivity contribution in [2.24, 2.45) is 5.92 Å². The van der Waals surface area contributed by atoms with Crippen LogP contribution in [0.3, 0.4) is 0 Å². The molecule has 11 nitrogen and oxygen atoms in total. The Hall–Kier alpha value is -4.85. The Kier molecular flexibility index (Phi) is 11.2. The Morgan fingerprint density at radius 2 is 1.80 bits per heavy atom. The van der Waals surface area contributed by atoms with Crippen LogP contribution in [0.4, 0.5) is 11.4 Å². The molecule has 13 heteroatoms. The van der Waals surface area contributed by atoms with Crippen molar-refractivity contribution in [2.45, 2.75) is 75.7 Å².